The molecule has 0 aromatic heterocycles. The molecule has 0 unspecified atom stereocenters. The van der Waals surface area contributed by atoms with Gasteiger partial charge in [0.2, 0.25) is 11.8 Å². The van der Waals surface area contributed by atoms with Gasteiger partial charge in [-0.15, -0.1) is 0 Å². The second-order valence-corrected chi connectivity index (χ2v) is 6.71. The Morgan fingerprint density at radius 3 is 2.62 bits per heavy atom. The van der Waals surface area contributed by atoms with E-state index in [0.717, 1.165) is 25.7 Å². The lowest BCUT2D eigenvalue weighted by molar-refractivity contribution is -0.122. The number of rotatable bonds is 4. The van der Waals surface area contributed by atoms with Crippen LogP contribution in [0.4, 0.5) is 11.4 Å². The van der Waals surface area contributed by atoms with E-state index in [-0.39, 0.29) is 11.8 Å². The van der Waals surface area contributed by atoms with E-state index in [0.29, 0.717) is 42.9 Å². The zero-order valence-electron chi connectivity index (χ0n) is 14.1. The topological polar surface area (TPSA) is 84.7 Å². The van der Waals surface area contributed by atoms with Crippen LogP contribution >= 0.6 is 0 Å². The first kappa shape index (κ1) is 16.8. The van der Waals surface area contributed by atoms with E-state index < -0.39 is 5.54 Å². The number of amides is 2. The highest BCUT2D eigenvalue weighted by molar-refractivity contribution is 6.00. The zero-order valence-corrected chi connectivity index (χ0v) is 14.1. The van der Waals surface area contributed by atoms with E-state index in [1.54, 1.807) is 30.2 Å². The molecule has 1 saturated carbocycles. The molecule has 0 radical (unpaired) electrons. The van der Waals surface area contributed by atoms with Crippen molar-refractivity contribution in [3.63, 3.8) is 0 Å². The Kier molecular flexibility index (Phi) is 4.76. The van der Waals surface area contributed by atoms with E-state index in [4.69, 9.17) is 10.5 Å². The summed E-state index contributed by atoms with van der Waals surface area (Å²) < 4.78 is 5.37. The summed E-state index contributed by atoms with van der Waals surface area (Å²) in [7, 11) is 1.58. The number of anilines is 2. The standard InChI is InChI=1S/C18H25N3O3/c1-24-15-8-7-13(12-14(15)21-11-5-6-16(21)22)20-17(23)18(19)9-3-2-4-10-18/h7-8,12H,2-6,9-11,19H2,1H3,(H,20,23). The number of hydrogen-bond donors (Lipinski definition) is 2. The fourth-order valence-electron chi connectivity index (χ4n) is 3.55. The normalized spacial score (nSPS) is 20.1. The molecular weight excluding hydrogens is 306 g/mol. The Hall–Kier alpha value is -2.08. The van der Waals surface area contributed by atoms with Crippen molar-refractivity contribution in [2.45, 2.75) is 50.5 Å². The third-order valence-electron chi connectivity index (χ3n) is 5.00. The van der Waals surface area contributed by atoms with Crippen LogP contribution < -0.4 is 20.7 Å². The molecule has 2 aliphatic rings. The fourth-order valence-corrected chi connectivity index (χ4v) is 3.55. The third-order valence-corrected chi connectivity index (χ3v) is 5.00. The molecular formula is C18H25N3O3. The monoisotopic (exact) mass is 331 g/mol. The van der Waals surface area contributed by atoms with Crippen LogP contribution in [0.1, 0.15) is 44.9 Å². The highest BCUT2D eigenvalue weighted by Crippen LogP contribution is 2.34. The Morgan fingerprint density at radius 1 is 1.25 bits per heavy atom. The molecule has 3 N–H and O–H groups in total. The third kappa shape index (κ3) is 3.24. The average Bonchev–Trinajstić information content (AvgIpc) is 3.01. The molecule has 6 heteroatoms. The quantitative estimate of drug-likeness (QED) is 0.887. The molecule has 0 atom stereocenters. The molecule has 1 aromatic rings. The van der Waals surface area contributed by atoms with Gasteiger partial charge in [-0.2, -0.15) is 0 Å². The van der Waals surface area contributed by atoms with Gasteiger partial charge >= 0.3 is 0 Å². The molecule has 0 bridgehead atoms. The van der Waals surface area contributed by atoms with Crippen molar-refractivity contribution in [2.75, 3.05) is 23.9 Å². The summed E-state index contributed by atoms with van der Waals surface area (Å²) in [6.07, 6.45) is 5.92. The van der Waals surface area contributed by atoms with Crippen LogP contribution in [0.15, 0.2) is 18.2 Å². The molecule has 0 spiro atoms. The number of nitrogens with one attached hydrogen (secondary N) is 1. The first-order valence-electron chi connectivity index (χ1n) is 8.62. The molecule has 1 saturated heterocycles. The lowest BCUT2D eigenvalue weighted by atomic mass is 9.82. The Labute approximate surface area is 142 Å². The van der Waals surface area contributed by atoms with Gasteiger partial charge in [0.05, 0.1) is 18.3 Å². The van der Waals surface area contributed by atoms with Gasteiger partial charge in [-0.25, -0.2) is 0 Å². The summed E-state index contributed by atoms with van der Waals surface area (Å²) in [6.45, 7) is 0.674. The molecule has 2 amide bonds. The lowest BCUT2D eigenvalue weighted by Gasteiger charge is -2.32. The van der Waals surface area contributed by atoms with E-state index >= 15 is 0 Å². The molecule has 1 aromatic carbocycles. The summed E-state index contributed by atoms with van der Waals surface area (Å²) in [5.41, 5.74) is 6.84. The minimum atomic E-state index is -0.790. The average molecular weight is 331 g/mol. The van der Waals surface area contributed by atoms with Crippen molar-refractivity contribution in [3.8, 4) is 5.75 Å². The fraction of sp³-hybridized carbons (Fsp3) is 0.556. The highest BCUT2D eigenvalue weighted by Gasteiger charge is 2.35. The van der Waals surface area contributed by atoms with Crippen LogP contribution in [0.5, 0.6) is 5.75 Å². The number of ether oxygens (including phenoxy) is 1. The van der Waals surface area contributed by atoms with Gasteiger partial charge < -0.3 is 20.7 Å². The molecule has 3 rings (SSSR count). The van der Waals surface area contributed by atoms with Crippen LogP contribution in [0.2, 0.25) is 0 Å². The number of carbonyl (C=O) groups excluding carboxylic acids is 2. The lowest BCUT2D eigenvalue weighted by Crippen LogP contribution is -2.52. The van der Waals surface area contributed by atoms with Crippen LogP contribution in [-0.4, -0.2) is 31.0 Å². The van der Waals surface area contributed by atoms with Crippen molar-refractivity contribution < 1.29 is 14.3 Å². The zero-order chi connectivity index (χ0) is 17.2. The summed E-state index contributed by atoms with van der Waals surface area (Å²) in [6, 6.07) is 5.36. The molecule has 130 valence electrons. The number of carbonyl (C=O) groups is 2. The number of hydrogen-bond acceptors (Lipinski definition) is 4. The van der Waals surface area contributed by atoms with Crippen molar-refractivity contribution >= 4 is 23.2 Å². The first-order chi connectivity index (χ1) is 11.5. The second-order valence-electron chi connectivity index (χ2n) is 6.71. The van der Waals surface area contributed by atoms with Gasteiger partial charge in [0.1, 0.15) is 5.75 Å². The van der Waals surface area contributed by atoms with E-state index in [9.17, 15) is 9.59 Å². The maximum absolute atomic E-state index is 12.6. The number of methoxy groups -OCH3 is 1. The largest absolute Gasteiger partial charge is 0.495 e. The van der Waals surface area contributed by atoms with Gasteiger partial charge in [0, 0.05) is 18.7 Å². The van der Waals surface area contributed by atoms with E-state index in [2.05, 4.69) is 5.32 Å². The Balaban J connectivity index is 1.81. The van der Waals surface area contributed by atoms with Crippen molar-refractivity contribution in [1.82, 2.24) is 0 Å². The highest BCUT2D eigenvalue weighted by atomic mass is 16.5. The summed E-state index contributed by atoms with van der Waals surface area (Å²) in [5, 5.41) is 2.92. The number of nitrogens with zero attached hydrogens (tertiary/aromatic N) is 1. The van der Waals surface area contributed by atoms with Crippen molar-refractivity contribution in [3.05, 3.63) is 18.2 Å². The maximum atomic E-state index is 12.6. The van der Waals surface area contributed by atoms with Gasteiger partial charge in [-0.1, -0.05) is 19.3 Å². The van der Waals surface area contributed by atoms with Crippen molar-refractivity contribution in [1.29, 1.82) is 0 Å². The summed E-state index contributed by atoms with van der Waals surface area (Å²) in [5.74, 6) is 0.564. The first-order valence-corrected chi connectivity index (χ1v) is 8.62. The predicted octanol–water partition coefficient (Wildman–Crippen LogP) is 2.42. The van der Waals surface area contributed by atoms with Gasteiger partial charge in [0.15, 0.2) is 0 Å². The van der Waals surface area contributed by atoms with Gasteiger partial charge in [-0.3, -0.25) is 9.59 Å². The molecule has 2 fully saturated rings. The minimum Gasteiger partial charge on any atom is -0.495 e. The van der Waals surface area contributed by atoms with Gasteiger partial charge in [-0.05, 0) is 37.5 Å². The van der Waals surface area contributed by atoms with Crippen LogP contribution in [0, 0.1) is 0 Å². The van der Waals surface area contributed by atoms with Gasteiger partial charge in [0.25, 0.3) is 0 Å². The number of benzene rings is 1. The molecule has 1 heterocycles. The smallest absolute Gasteiger partial charge is 0.244 e. The maximum Gasteiger partial charge on any atom is 0.244 e. The molecule has 6 nitrogen and oxygen atoms in total. The SMILES string of the molecule is COc1ccc(NC(=O)C2(N)CCCCC2)cc1N1CCCC1=O. The predicted molar refractivity (Wildman–Crippen MR) is 93.2 cm³/mol. The molecule has 1 aliphatic heterocycles. The molecule has 1 aliphatic carbocycles. The van der Waals surface area contributed by atoms with Crippen LogP contribution in [-0.2, 0) is 9.59 Å². The minimum absolute atomic E-state index is 0.0827. The molecule has 24 heavy (non-hydrogen) atoms. The van der Waals surface area contributed by atoms with E-state index in [1.807, 2.05) is 0 Å². The van der Waals surface area contributed by atoms with Crippen molar-refractivity contribution in [2.24, 2.45) is 5.73 Å². The Morgan fingerprint density at radius 2 is 2.00 bits per heavy atom. The van der Waals surface area contributed by atoms with Crippen LogP contribution in [0.3, 0.4) is 0 Å². The Bertz CT molecular complexity index is 638. The summed E-state index contributed by atoms with van der Waals surface area (Å²) in [4.78, 5) is 26.3. The second kappa shape index (κ2) is 6.81. The van der Waals surface area contributed by atoms with Crippen LogP contribution in [0.25, 0.3) is 0 Å². The number of nitrogens with two attached hydrogens (primary N) is 1. The summed E-state index contributed by atoms with van der Waals surface area (Å²) >= 11 is 0. The van der Waals surface area contributed by atoms with E-state index in [1.165, 1.54) is 0 Å².